The van der Waals surface area contributed by atoms with Gasteiger partial charge in [-0.25, -0.2) is 8.42 Å². The monoisotopic (exact) mass is 496 g/mol. The van der Waals surface area contributed by atoms with Crippen molar-refractivity contribution in [1.29, 1.82) is 0 Å². The van der Waals surface area contributed by atoms with Gasteiger partial charge in [0.25, 0.3) is 10.0 Å². The minimum absolute atomic E-state index is 0.0994. The number of para-hydroxylation sites is 3. The van der Waals surface area contributed by atoms with E-state index in [-0.39, 0.29) is 11.4 Å². The summed E-state index contributed by atoms with van der Waals surface area (Å²) >= 11 is 0. The molecule has 0 radical (unpaired) electrons. The number of sulfonamides is 1. The van der Waals surface area contributed by atoms with Crippen molar-refractivity contribution < 1.29 is 22.7 Å². The normalized spacial score (nSPS) is 11.0. The van der Waals surface area contributed by atoms with Crippen molar-refractivity contribution in [2.75, 3.05) is 31.1 Å². The molecule has 3 rings (SSSR count). The Morgan fingerprint density at radius 1 is 0.914 bits per heavy atom. The van der Waals surface area contributed by atoms with Gasteiger partial charge in [-0.1, -0.05) is 55.5 Å². The number of hydrogen-bond donors (Lipinski definition) is 1. The number of nitrogens with zero attached hydrogens (tertiary/aromatic N) is 1. The average Bonchev–Trinajstić information content (AvgIpc) is 2.89. The third kappa shape index (κ3) is 6.99. The number of nitrogens with one attached hydrogen (secondary N) is 1. The highest BCUT2D eigenvalue weighted by Crippen LogP contribution is 2.32. The quantitative estimate of drug-likeness (QED) is 0.354. The zero-order valence-corrected chi connectivity index (χ0v) is 21.0. The highest BCUT2D eigenvalue weighted by molar-refractivity contribution is 7.92. The lowest BCUT2D eigenvalue weighted by atomic mass is 10.1. The molecule has 1 N–H and O–H groups in total. The predicted molar refractivity (Wildman–Crippen MR) is 138 cm³/mol. The highest BCUT2D eigenvalue weighted by atomic mass is 32.2. The Labute approximate surface area is 207 Å². The zero-order chi connectivity index (χ0) is 25.1. The molecule has 0 spiro atoms. The second kappa shape index (κ2) is 12.8. The Morgan fingerprint density at radius 2 is 1.57 bits per heavy atom. The molecule has 3 aromatic rings. The lowest BCUT2D eigenvalue weighted by Crippen LogP contribution is -2.41. The fraction of sp³-hybridized carbons (Fsp3) is 0.296. The van der Waals surface area contributed by atoms with E-state index in [0.29, 0.717) is 31.0 Å². The number of ether oxygens (including phenoxy) is 2. The van der Waals surface area contributed by atoms with E-state index in [0.717, 1.165) is 28.5 Å². The van der Waals surface area contributed by atoms with E-state index >= 15 is 0 Å². The summed E-state index contributed by atoms with van der Waals surface area (Å²) in [5.41, 5.74) is 1.38. The number of carbonyl (C=O) groups is 1. The largest absolute Gasteiger partial charge is 0.495 e. The molecular weight excluding hydrogens is 464 g/mol. The van der Waals surface area contributed by atoms with E-state index in [9.17, 15) is 13.2 Å². The zero-order valence-electron chi connectivity index (χ0n) is 20.1. The molecule has 0 bridgehead atoms. The van der Waals surface area contributed by atoms with Crippen molar-refractivity contribution in [1.82, 2.24) is 5.32 Å². The van der Waals surface area contributed by atoms with Crippen LogP contribution in [-0.2, 0) is 21.2 Å². The molecule has 0 fully saturated rings. The maximum Gasteiger partial charge on any atom is 0.264 e. The van der Waals surface area contributed by atoms with E-state index in [2.05, 4.69) is 12.2 Å². The van der Waals surface area contributed by atoms with Gasteiger partial charge in [0.05, 0.1) is 24.3 Å². The maximum absolute atomic E-state index is 13.5. The van der Waals surface area contributed by atoms with Gasteiger partial charge in [-0.05, 0) is 55.2 Å². The number of methoxy groups -OCH3 is 1. The molecule has 0 saturated carbocycles. The molecule has 1 amide bonds. The minimum atomic E-state index is -3.99. The van der Waals surface area contributed by atoms with Crippen LogP contribution in [0.5, 0.6) is 11.5 Å². The van der Waals surface area contributed by atoms with Crippen LogP contribution in [0.4, 0.5) is 5.69 Å². The Hall–Kier alpha value is -3.52. The van der Waals surface area contributed by atoms with Crippen molar-refractivity contribution in [3.63, 3.8) is 0 Å². The summed E-state index contributed by atoms with van der Waals surface area (Å²) < 4.78 is 39.2. The minimum Gasteiger partial charge on any atom is -0.495 e. The molecule has 186 valence electrons. The summed E-state index contributed by atoms with van der Waals surface area (Å²) in [5, 5.41) is 2.85. The van der Waals surface area contributed by atoms with Crippen LogP contribution in [0.2, 0.25) is 0 Å². The van der Waals surface area contributed by atoms with Crippen molar-refractivity contribution in [3.05, 3.63) is 84.4 Å². The molecule has 0 atom stereocenters. The third-order valence-corrected chi connectivity index (χ3v) is 7.13. The molecule has 8 heteroatoms. The Balaban J connectivity index is 1.69. The Kier molecular flexibility index (Phi) is 9.55. The van der Waals surface area contributed by atoms with Gasteiger partial charge < -0.3 is 14.8 Å². The first-order chi connectivity index (χ1) is 17.0. The van der Waals surface area contributed by atoms with Crippen LogP contribution in [0.15, 0.2) is 83.8 Å². The number of carbonyl (C=O) groups excluding carboxylic acids is 1. The number of rotatable bonds is 13. The van der Waals surface area contributed by atoms with Gasteiger partial charge in [0.2, 0.25) is 5.91 Å². The van der Waals surface area contributed by atoms with Crippen LogP contribution >= 0.6 is 0 Å². The summed E-state index contributed by atoms with van der Waals surface area (Å²) in [5.74, 6) is 0.825. The predicted octanol–water partition coefficient (Wildman–Crippen LogP) is 4.43. The van der Waals surface area contributed by atoms with Crippen molar-refractivity contribution >= 4 is 21.6 Å². The first kappa shape index (κ1) is 26.1. The van der Waals surface area contributed by atoms with Crippen LogP contribution in [0.1, 0.15) is 25.3 Å². The SMILES string of the molecule is CCCOc1ccccc1CCCNC(=O)CN(c1ccccc1OC)S(=O)(=O)c1ccccc1. The molecule has 0 aliphatic heterocycles. The van der Waals surface area contributed by atoms with Crippen LogP contribution in [0.3, 0.4) is 0 Å². The second-order valence-electron chi connectivity index (χ2n) is 7.91. The van der Waals surface area contributed by atoms with Crippen LogP contribution in [0.25, 0.3) is 0 Å². The van der Waals surface area contributed by atoms with Gasteiger partial charge in [-0.15, -0.1) is 0 Å². The van der Waals surface area contributed by atoms with Crippen LogP contribution in [-0.4, -0.2) is 41.1 Å². The van der Waals surface area contributed by atoms with Gasteiger partial charge in [-0.3, -0.25) is 9.10 Å². The molecule has 0 unspecified atom stereocenters. The van der Waals surface area contributed by atoms with Crippen LogP contribution < -0.4 is 19.1 Å². The van der Waals surface area contributed by atoms with Gasteiger partial charge in [0.15, 0.2) is 0 Å². The number of benzene rings is 3. The molecular formula is C27H32N2O5S. The van der Waals surface area contributed by atoms with E-state index in [1.165, 1.54) is 19.2 Å². The standard InChI is InChI=1S/C27H32N2O5S/c1-3-20-34-25-17-9-7-12-22(25)13-11-19-28-27(30)21-29(24-16-8-10-18-26(24)33-2)35(31,32)23-14-5-4-6-15-23/h4-10,12,14-18H,3,11,13,19-21H2,1-2H3,(H,28,30). The van der Waals surface area contributed by atoms with E-state index < -0.39 is 15.9 Å². The fourth-order valence-corrected chi connectivity index (χ4v) is 5.06. The Morgan fingerprint density at radius 3 is 2.29 bits per heavy atom. The summed E-state index contributed by atoms with van der Waals surface area (Å²) in [6.45, 7) is 2.76. The van der Waals surface area contributed by atoms with Crippen molar-refractivity contribution in [2.45, 2.75) is 31.1 Å². The maximum atomic E-state index is 13.5. The summed E-state index contributed by atoms with van der Waals surface area (Å²) in [6.07, 6.45) is 2.36. The first-order valence-electron chi connectivity index (χ1n) is 11.7. The molecule has 35 heavy (non-hydrogen) atoms. The first-order valence-corrected chi connectivity index (χ1v) is 13.1. The lowest BCUT2D eigenvalue weighted by Gasteiger charge is -2.25. The number of hydrogen-bond acceptors (Lipinski definition) is 5. The lowest BCUT2D eigenvalue weighted by molar-refractivity contribution is -0.119. The summed E-state index contributed by atoms with van der Waals surface area (Å²) in [6, 6.07) is 22.7. The van der Waals surface area contributed by atoms with Crippen molar-refractivity contribution in [3.8, 4) is 11.5 Å². The number of anilines is 1. The molecule has 0 heterocycles. The van der Waals surface area contributed by atoms with Crippen LogP contribution in [0, 0.1) is 0 Å². The molecule has 0 aliphatic rings. The average molecular weight is 497 g/mol. The summed E-state index contributed by atoms with van der Waals surface area (Å²) in [7, 11) is -2.53. The van der Waals surface area contributed by atoms with E-state index in [1.54, 1.807) is 42.5 Å². The molecule has 0 aliphatic carbocycles. The Bertz CT molecular complexity index is 1200. The highest BCUT2D eigenvalue weighted by Gasteiger charge is 2.29. The summed E-state index contributed by atoms with van der Waals surface area (Å²) in [4.78, 5) is 12.9. The van der Waals surface area contributed by atoms with Crippen molar-refractivity contribution in [2.24, 2.45) is 0 Å². The number of amides is 1. The number of aryl methyl sites for hydroxylation is 1. The van der Waals surface area contributed by atoms with E-state index in [4.69, 9.17) is 9.47 Å². The smallest absolute Gasteiger partial charge is 0.264 e. The van der Waals surface area contributed by atoms with Gasteiger partial charge in [0, 0.05) is 6.54 Å². The van der Waals surface area contributed by atoms with Gasteiger partial charge in [0.1, 0.15) is 18.0 Å². The molecule has 3 aromatic carbocycles. The van der Waals surface area contributed by atoms with Gasteiger partial charge >= 0.3 is 0 Å². The molecule has 0 aromatic heterocycles. The second-order valence-corrected chi connectivity index (χ2v) is 9.77. The molecule has 7 nitrogen and oxygen atoms in total. The topological polar surface area (TPSA) is 84.9 Å². The van der Waals surface area contributed by atoms with E-state index in [1.807, 2.05) is 24.3 Å². The third-order valence-electron chi connectivity index (χ3n) is 5.35. The fourth-order valence-electron chi connectivity index (χ4n) is 3.61. The van der Waals surface area contributed by atoms with Gasteiger partial charge in [-0.2, -0.15) is 0 Å². The molecule has 0 saturated heterocycles.